The maximum absolute atomic E-state index is 14.0. The molecule has 1 aromatic heterocycles. The van der Waals surface area contributed by atoms with Gasteiger partial charge in [-0.3, -0.25) is 9.59 Å². The number of carbonyl (C=O) groups is 2. The minimum Gasteiger partial charge on any atom is -0.339 e. The number of aromatic nitrogens is 2. The van der Waals surface area contributed by atoms with Crippen LogP contribution in [0.25, 0.3) is 11.4 Å². The fourth-order valence-electron chi connectivity index (χ4n) is 3.67. The van der Waals surface area contributed by atoms with Crippen LogP contribution in [0.15, 0.2) is 53.1 Å². The van der Waals surface area contributed by atoms with Gasteiger partial charge in [-0.2, -0.15) is 4.98 Å². The predicted molar refractivity (Wildman–Crippen MR) is 113 cm³/mol. The van der Waals surface area contributed by atoms with E-state index in [-0.39, 0.29) is 23.3 Å². The number of carbonyl (C=O) groups excluding carboxylic acids is 2. The lowest BCUT2D eigenvalue weighted by atomic mass is 9.97. The average Bonchev–Trinajstić information content (AvgIpc) is 3.30. The van der Waals surface area contributed by atoms with Crippen LogP contribution in [0.3, 0.4) is 0 Å². The Hall–Kier alpha value is -3.55. The molecule has 0 aliphatic carbocycles. The molecule has 1 atom stereocenters. The van der Waals surface area contributed by atoms with Gasteiger partial charge >= 0.3 is 0 Å². The fourth-order valence-corrected chi connectivity index (χ4v) is 3.67. The molecule has 1 aliphatic heterocycles. The van der Waals surface area contributed by atoms with Crippen molar-refractivity contribution in [3.8, 4) is 11.4 Å². The average molecular weight is 422 g/mol. The monoisotopic (exact) mass is 422 g/mol. The van der Waals surface area contributed by atoms with Gasteiger partial charge in [0.15, 0.2) is 0 Å². The third-order valence-corrected chi connectivity index (χ3v) is 5.33. The Balaban J connectivity index is 1.49. The van der Waals surface area contributed by atoms with Crippen LogP contribution >= 0.6 is 0 Å². The molecule has 2 amide bonds. The second-order valence-corrected chi connectivity index (χ2v) is 7.51. The summed E-state index contributed by atoms with van der Waals surface area (Å²) in [6.45, 7) is 2.74. The van der Waals surface area contributed by atoms with Crippen molar-refractivity contribution in [3.63, 3.8) is 0 Å². The van der Waals surface area contributed by atoms with Gasteiger partial charge in [0.2, 0.25) is 17.6 Å². The minimum absolute atomic E-state index is 0.0697. The second kappa shape index (κ2) is 9.07. The summed E-state index contributed by atoms with van der Waals surface area (Å²) in [6.07, 6.45) is 1.96. The summed E-state index contributed by atoms with van der Waals surface area (Å²) in [5.41, 5.74) is 1.45. The molecule has 160 valence electrons. The Labute approximate surface area is 179 Å². The van der Waals surface area contributed by atoms with Gasteiger partial charge in [-0.05, 0) is 37.1 Å². The Morgan fingerprint density at radius 1 is 1.23 bits per heavy atom. The summed E-state index contributed by atoms with van der Waals surface area (Å²) in [5.74, 6) is -0.183. The van der Waals surface area contributed by atoms with Gasteiger partial charge in [-0.1, -0.05) is 36.3 Å². The highest BCUT2D eigenvalue weighted by Crippen LogP contribution is 2.29. The Morgan fingerprint density at radius 3 is 2.87 bits per heavy atom. The number of nitrogens with zero attached hydrogens (tertiary/aromatic N) is 3. The van der Waals surface area contributed by atoms with E-state index in [4.69, 9.17) is 4.52 Å². The van der Waals surface area contributed by atoms with Crippen LogP contribution in [-0.2, 0) is 4.79 Å². The van der Waals surface area contributed by atoms with Crippen LogP contribution in [0.1, 0.15) is 48.4 Å². The SMILES string of the molecule is CCC(=O)Nc1cccc(-c2noc([C@H]3CCCN(C(=O)c4ccccc4F)C3)n2)c1. The zero-order valence-corrected chi connectivity index (χ0v) is 17.2. The van der Waals surface area contributed by atoms with E-state index in [9.17, 15) is 14.0 Å². The van der Waals surface area contributed by atoms with E-state index in [1.807, 2.05) is 12.1 Å². The maximum Gasteiger partial charge on any atom is 0.256 e. The van der Waals surface area contributed by atoms with Gasteiger partial charge in [0.05, 0.1) is 11.5 Å². The minimum atomic E-state index is -0.523. The topological polar surface area (TPSA) is 88.3 Å². The first-order valence-electron chi connectivity index (χ1n) is 10.3. The Morgan fingerprint density at radius 2 is 2.06 bits per heavy atom. The summed E-state index contributed by atoms with van der Waals surface area (Å²) < 4.78 is 19.5. The standard InChI is InChI=1S/C23H23FN4O3/c1-2-20(29)25-17-9-5-7-15(13-17)21-26-22(31-27-21)16-8-6-12-28(14-16)23(30)18-10-3-4-11-19(18)24/h3-5,7,9-11,13,16H,2,6,8,12,14H2,1H3,(H,25,29)/t16-/m0/s1. The van der Waals surface area contributed by atoms with Crippen molar-refractivity contribution < 1.29 is 18.5 Å². The van der Waals surface area contributed by atoms with Crippen molar-refractivity contribution in [2.45, 2.75) is 32.1 Å². The number of hydrogen-bond donors (Lipinski definition) is 1. The summed E-state index contributed by atoms with van der Waals surface area (Å²) >= 11 is 0. The van der Waals surface area contributed by atoms with Crippen molar-refractivity contribution in [3.05, 3.63) is 65.8 Å². The summed E-state index contributed by atoms with van der Waals surface area (Å²) in [5, 5.41) is 6.89. The molecule has 0 spiro atoms. The number of anilines is 1. The van der Waals surface area contributed by atoms with Crippen molar-refractivity contribution in [2.24, 2.45) is 0 Å². The molecule has 8 heteroatoms. The van der Waals surface area contributed by atoms with Gasteiger partial charge in [-0.25, -0.2) is 4.39 Å². The first-order chi connectivity index (χ1) is 15.0. The first kappa shape index (κ1) is 20.7. The zero-order chi connectivity index (χ0) is 21.8. The van der Waals surface area contributed by atoms with Crippen molar-refractivity contribution in [1.29, 1.82) is 0 Å². The molecule has 0 radical (unpaired) electrons. The number of benzene rings is 2. The zero-order valence-electron chi connectivity index (χ0n) is 17.2. The third-order valence-electron chi connectivity index (χ3n) is 5.33. The van der Waals surface area contributed by atoms with E-state index in [1.165, 1.54) is 12.1 Å². The Kier molecular flexibility index (Phi) is 6.06. The summed E-state index contributed by atoms with van der Waals surface area (Å²) in [4.78, 5) is 30.6. The smallest absolute Gasteiger partial charge is 0.256 e. The van der Waals surface area contributed by atoms with E-state index in [1.54, 1.807) is 36.1 Å². The molecule has 3 aromatic rings. The number of hydrogen-bond acceptors (Lipinski definition) is 5. The molecule has 31 heavy (non-hydrogen) atoms. The molecule has 1 N–H and O–H groups in total. The number of piperidine rings is 1. The highest BCUT2D eigenvalue weighted by molar-refractivity contribution is 5.94. The fraction of sp³-hybridized carbons (Fsp3) is 0.304. The summed E-state index contributed by atoms with van der Waals surface area (Å²) in [6, 6.07) is 13.2. The largest absolute Gasteiger partial charge is 0.339 e. The van der Waals surface area contributed by atoms with Crippen LogP contribution in [0, 0.1) is 5.82 Å². The molecular formula is C23H23FN4O3. The molecule has 0 unspecified atom stereocenters. The molecule has 0 bridgehead atoms. The molecule has 2 aromatic carbocycles. The van der Waals surface area contributed by atoms with E-state index < -0.39 is 5.82 Å². The summed E-state index contributed by atoms with van der Waals surface area (Å²) in [7, 11) is 0. The number of rotatable bonds is 5. The van der Waals surface area contributed by atoms with Gasteiger partial charge in [-0.15, -0.1) is 0 Å². The van der Waals surface area contributed by atoms with E-state index in [2.05, 4.69) is 15.5 Å². The molecule has 7 nitrogen and oxygen atoms in total. The number of amides is 2. The number of nitrogens with one attached hydrogen (secondary N) is 1. The first-order valence-corrected chi connectivity index (χ1v) is 10.3. The molecule has 0 saturated carbocycles. The molecule has 1 saturated heterocycles. The van der Waals surface area contributed by atoms with E-state index >= 15 is 0 Å². The van der Waals surface area contributed by atoms with Crippen LogP contribution in [0.2, 0.25) is 0 Å². The van der Waals surface area contributed by atoms with Crippen molar-refractivity contribution in [2.75, 3.05) is 18.4 Å². The van der Waals surface area contributed by atoms with Crippen LogP contribution in [0.4, 0.5) is 10.1 Å². The van der Waals surface area contributed by atoms with Gasteiger partial charge in [0, 0.05) is 30.8 Å². The van der Waals surface area contributed by atoms with Crippen LogP contribution in [-0.4, -0.2) is 39.9 Å². The highest BCUT2D eigenvalue weighted by Gasteiger charge is 2.30. The van der Waals surface area contributed by atoms with Gasteiger partial charge < -0.3 is 14.7 Å². The second-order valence-electron chi connectivity index (χ2n) is 7.51. The molecule has 1 fully saturated rings. The lowest BCUT2D eigenvalue weighted by Crippen LogP contribution is -2.39. The van der Waals surface area contributed by atoms with Gasteiger partial charge in [0.1, 0.15) is 5.82 Å². The quantitative estimate of drug-likeness (QED) is 0.664. The van der Waals surface area contributed by atoms with Crippen molar-refractivity contribution >= 4 is 17.5 Å². The van der Waals surface area contributed by atoms with E-state index in [0.29, 0.717) is 36.9 Å². The predicted octanol–water partition coefficient (Wildman–Crippen LogP) is 4.24. The lowest BCUT2D eigenvalue weighted by Gasteiger charge is -2.31. The van der Waals surface area contributed by atoms with Crippen molar-refractivity contribution in [1.82, 2.24) is 15.0 Å². The normalized spacial score (nSPS) is 16.2. The van der Waals surface area contributed by atoms with Crippen LogP contribution < -0.4 is 5.32 Å². The Bertz CT molecular complexity index is 1100. The molecule has 1 aliphatic rings. The van der Waals surface area contributed by atoms with Gasteiger partial charge in [0.25, 0.3) is 5.91 Å². The third kappa shape index (κ3) is 4.63. The van der Waals surface area contributed by atoms with E-state index in [0.717, 1.165) is 18.4 Å². The molecular weight excluding hydrogens is 399 g/mol. The van der Waals surface area contributed by atoms with Crippen LogP contribution in [0.5, 0.6) is 0 Å². The highest BCUT2D eigenvalue weighted by atomic mass is 19.1. The number of halogens is 1. The number of likely N-dealkylation sites (tertiary alicyclic amines) is 1. The molecule has 4 rings (SSSR count). The molecule has 2 heterocycles. The lowest BCUT2D eigenvalue weighted by molar-refractivity contribution is -0.115. The maximum atomic E-state index is 14.0.